The summed E-state index contributed by atoms with van der Waals surface area (Å²) in [5.41, 5.74) is 2.53. The first-order chi connectivity index (χ1) is 17.2. The van der Waals surface area contributed by atoms with Crippen LogP contribution >= 0.6 is 11.8 Å². The van der Waals surface area contributed by atoms with E-state index in [1.54, 1.807) is 13.3 Å². The highest BCUT2D eigenvalue weighted by molar-refractivity contribution is 7.98. The Morgan fingerprint density at radius 3 is 2.57 bits per heavy atom. The highest BCUT2D eigenvalue weighted by Crippen LogP contribution is 2.33. The number of thioether (sulfide) groups is 1. The highest BCUT2D eigenvalue weighted by atomic mass is 32.2. The van der Waals surface area contributed by atoms with E-state index in [-0.39, 0.29) is 6.10 Å². The van der Waals surface area contributed by atoms with Gasteiger partial charge in [0.25, 0.3) is 0 Å². The fourth-order valence-corrected chi connectivity index (χ4v) is 5.07. The lowest BCUT2D eigenvalue weighted by Gasteiger charge is -2.28. The minimum Gasteiger partial charge on any atom is -0.497 e. The molecule has 6 nitrogen and oxygen atoms in total. The van der Waals surface area contributed by atoms with Crippen molar-refractivity contribution >= 4 is 11.8 Å². The van der Waals surface area contributed by atoms with Gasteiger partial charge in [0.1, 0.15) is 11.5 Å². The molecule has 0 radical (unpaired) electrons. The van der Waals surface area contributed by atoms with E-state index in [1.165, 1.54) is 11.1 Å². The van der Waals surface area contributed by atoms with Crippen molar-refractivity contribution in [2.45, 2.75) is 56.8 Å². The third-order valence-electron chi connectivity index (χ3n) is 6.11. The molecule has 35 heavy (non-hydrogen) atoms. The SMILES string of the molecule is CCCCOc1ccc(CCC2(Cn3ccnc3)OCC(CSCc3ccc(OC)cc3)O2)cc1. The monoisotopic (exact) mass is 496 g/mol. The smallest absolute Gasteiger partial charge is 0.187 e. The van der Waals surface area contributed by atoms with E-state index >= 15 is 0 Å². The maximum Gasteiger partial charge on any atom is 0.187 e. The van der Waals surface area contributed by atoms with Gasteiger partial charge in [-0.1, -0.05) is 37.6 Å². The first-order valence-corrected chi connectivity index (χ1v) is 13.5. The number of ether oxygens (including phenoxy) is 4. The van der Waals surface area contributed by atoms with Crippen LogP contribution in [0, 0.1) is 0 Å². The quantitative estimate of drug-likeness (QED) is 0.265. The molecule has 2 aromatic carbocycles. The number of aryl methyl sites for hydroxylation is 1. The predicted octanol–water partition coefficient (Wildman–Crippen LogP) is 5.75. The molecule has 2 unspecified atom stereocenters. The van der Waals surface area contributed by atoms with Crippen molar-refractivity contribution in [1.82, 2.24) is 9.55 Å². The largest absolute Gasteiger partial charge is 0.497 e. The van der Waals surface area contributed by atoms with Gasteiger partial charge in [-0.25, -0.2) is 4.98 Å². The number of unbranched alkanes of at least 4 members (excludes halogenated alkanes) is 1. The summed E-state index contributed by atoms with van der Waals surface area (Å²) in [6.07, 6.45) is 9.51. The number of hydrogen-bond acceptors (Lipinski definition) is 6. The van der Waals surface area contributed by atoms with Crippen LogP contribution in [-0.4, -0.2) is 47.5 Å². The molecule has 0 saturated carbocycles. The Kier molecular flexibility index (Phi) is 9.51. The van der Waals surface area contributed by atoms with Crippen LogP contribution in [-0.2, 0) is 28.2 Å². The summed E-state index contributed by atoms with van der Waals surface area (Å²) < 4.78 is 26.0. The highest BCUT2D eigenvalue weighted by Gasteiger charge is 2.41. The van der Waals surface area contributed by atoms with E-state index in [9.17, 15) is 0 Å². The van der Waals surface area contributed by atoms with Crippen molar-refractivity contribution in [2.75, 3.05) is 26.1 Å². The lowest BCUT2D eigenvalue weighted by atomic mass is 10.0. The maximum atomic E-state index is 6.57. The second-order valence-electron chi connectivity index (χ2n) is 8.91. The Labute approximate surface area is 213 Å². The summed E-state index contributed by atoms with van der Waals surface area (Å²) in [6.45, 7) is 4.17. The van der Waals surface area contributed by atoms with Gasteiger partial charge in [-0.15, -0.1) is 0 Å². The Hall–Kier alpha value is -2.48. The number of nitrogens with zero attached hydrogens (tertiary/aromatic N) is 2. The summed E-state index contributed by atoms with van der Waals surface area (Å²) in [4.78, 5) is 4.19. The molecule has 2 heterocycles. The van der Waals surface area contributed by atoms with Gasteiger partial charge in [0, 0.05) is 30.3 Å². The van der Waals surface area contributed by atoms with Crippen LogP contribution in [0.5, 0.6) is 11.5 Å². The molecule has 0 amide bonds. The number of rotatable bonds is 14. The van der Waals surface area contributed by atoms with Gasteiger partial charge in [0.05, 0.1) is 39.3 Å². The lowest BCUT2D eigenvalue weighted by molar-refractivity contribution is -0.180. The van der Waals surface area contributed by atoms with Crippen molar-refractivity contribution in [3.8, 4) is 11.5 Å². The van der Waals surface area contributed by atoms with Gasteiger partial charge in [-0.3, -0.25) is 0 Å². The zero-order valence-corrected chi connectivity index (χ0v) is 21.5. The fourth-order valence-electron chi connectivity index (χ4n) is 4.10. The Bertz CT molecular complexity index is 995. The predicted molar refractivity (Wildman–Crippen MR) is 140 cm³/mol. The van der Waals surface area contributed by atoms with Crippen molar-refractivity contribution in [3.05, 3.63) is 78.4 Å². The second kappa shape index (κ2) is 13.0. The molecule has 3 aromatic rings. The van der Waals surface area contributed by atoms with Crippen molar-refractivity contribution in [1.29, 1.82) is 0 Å². The average molecular weight is 497 g/mol. The van der Waals surface area contributed by atoms with Crippen LogP contribution in [0.4, 0.5) is 0 Å². The first-order valence-electron chi connectivity index (χ1n) is 12.4. The number of methoxy groups -OCH3 is 1. The van der Waals surface area contributed by atoms with E-state index in [2.05, 4.69) is 48.3 Å². The molecule has 1 aromatic heterocycles. The number of hydrogen-bond donors (Lipinski definition) is 0. The Morgan fingerprint density at radius 2 is 1.86 bits per heavy atom. The normalized spacial score (nSPS) is 19.7. The molecule has 1 fully saturated rings. The molecule has 1 aliphatic heterocycles. The van der Waals surface area contributed by atoms with E-state index in [4.69, 9.17) is 18.9 Å². The molecular formula is C28H36N2O4S. The average Bonchev–Trinajstić information content (AvgIpc) is 3.55. The molecule has 0 bridgehead atoms. The molecule has 1 aliphatic rings. The van der Waals surface area contributed by atoms with Crippen LogP contribution in [0.3, 0.4) is 0 Å². The van der Waals surface area contributed by atoms with E-state index in [0.717, 1.165) is 55.3 Å². The molecule has 0 spiro atoms. The van der Waals surface area contributed by atoms with Crippen LogP contribution in [0.25, 0.3) is 0 Å². The number of imidazole rings is 1. The fraction of sp³-hybridized carbons (Fsp3) is 0.464. The summed E-state index contributed by atoms with van der Waals surface area (Å²) in [7, 11) is 1.69. The standard InChI is InChI=1S/C28H36N2O4S/c1-3-4-17-32-26-11-5-23(6-12-26)13-14-28(21-30-16-15-29-22-30)33-18-27(34-28)20-35-19-24-7-9-25(31-2)10-8-24/h5-12,15-16,22,27H,3-4,13-14,17-21H2,1-2H3. The molecule has 7 heteroatoms. The Morgan fingerprint density at radius 1 is 1.09 bits per heavy atom. The lowest BCUT2D eigenvalue weighted by Crippen LogP contribution is -2.37. The summed E-state index contributed by atoms with van der Waals surface area (Å²) >= 11 is 1.87. The zero-order valence-electron chi connectivity index (χ0n) is 20.7. The van der Waals surface area contributed by atoms with E-state index in [1.807, 2.05) is 41.0 Å². The molecule has 4 rings (SSSR count). The van der Waals surface area contributed by atoms with Crippen LogP contribution < -0.4 is 9.47 Å². The van der Waals surface area contributed by atoms with Gasteiger partial charge in [0.15, 0.2) is 5.79 Å². The molecule has 188 valence electrons. The van der Waals surface area contributed by atoms with Crippen molar-refractivity contribution < 1.29 is 18.9 Å². The molecular weight excluding hydrogens is 460 g/mol. The van der Waals surface area contributed by atoms with Gasteiger partial charge in [-0.2, -0.15) is 11.8 Å². The minimum atomic E-state index is -0.650. The summed E-state index contributed by atoms with van der Waals surface area (Å²) in [6, 6.07) is 16.6. The van der Waals surface area contributed by atoms with Crippen molar-refractivity contribution in [3.63, 3.8) is 0 Å². The third-order valence-corrected chi connectivity index (χ3v) is 7.26. The van der Waals surface area contributed by atoms with Crippen LogP contribution in [0.2, 0.25) is 0 Å². The van der Waals surface area contributed by atoms with Gasteiger partial charge in [0.2, 0.25) is 0 Å². The second-order valence-corrected chi connectivity index (χ2v) is 9.94. The van der Waals surface area contributed by atoms with E-state index in [0.29, 0.717) is 13.2 Å². The van der Waals surface area contributed by atoms with Crippen molar-refractivity contribution in [2.24, 2.45) is 0 Å². The van der Waals surface area contributed by atoms with Gasteiger partial charge >= 0.3 is 0 Å². The van der Waals surface area contributed by atoms with E-state index < -0.39 is 5.79 Å². The number of benzene rings is 2. The summed E-state index contributed by atoms with van der Waals surface area (Å²) in [5, 5.41) is 0. The van der Waals surface area contributed by atoms with Gasteiger partial charge < -0.3 is 23.5 Å². The van der Waals surface area contributed by atoms with Crippen LogP contribution in [0.1, 0.15) is 37.3 Å². The molecule has 1 saturated heterocycles. The van der Waals surface area contributed by atoms with Crippen LogP contribution in [0.15, 0.2) is 67.3 Å². The topological polar surface area (TPSA) is 54.7 Å². The van der Waals surface area contributed by atoms with Gasteiger partial charge in [-0.05, 0) is 48.2 Å². The minimum absolute atomic E-state index is 0.0658. The molecule has 2 atom stereocenters. The number of aromatic nitrogens is 2. The third kappa shape index (κ3) is 7.75. The molecule has 0 aliphatic carbocycles. The zero-order chi connectivity index (χ0) is 24.3. The first kappa shape index (κ1) is 25.6. The molecule has 0 N–H and O–H groups in total. The Balaban J connectivity index is 1.31. The summed E-state index contributed by atoms with van der Waals surface area (Å²) in [5.74, 6) is 2.99. The maximum absolute atomic E-state index is 6.57.